The second-order valence-electron chi connectivity index (χ2n) is 17.6. The number of hydrogen-bond acceptors (Lipinski definition) is 19. The summed E-state index contributed by atoms with van der Waals surface area (Å²) in [6.07, 6.45) is 15.2. The minimum absolute atomic E-state index is 0. The van der Waals surface area contributed by atoms with Crippen molar-refractivity contribution in [3.8, 4) is 0 Å². The average molecular weight is 1270 g/mol. The van der Waals surface area contributed by atoms with Crippen molar-refractivity contribution in [1.29, 1.82) is 0 Å². The third-order valence-electron chi connectivity index (χ3n) is 12.2. The van der Waals surface area contributed by atoms with Crippen molar-refractivity contribution >= 4 is 103 Å². The van der Waals surface area contributed by atoms with Crippen molar-refractivity contribution in [2.45, 2.75) is 35.0 Å². The van der Waals surface area contributed by atoms with Crippen LogP contribution in [0, 0.1) is 30.3 Å². The van der Waals surface area contributed by atoms with Crippen LogP contribution in [0.4, 0.5) is 34.4 Å². The monoisotopic (exact) mass is 1260 g/mol. The van der Waals surface area contributed by atoms with E-state index in [1.165, 1.54) is 44.2 Å². The van der Waals surface area contributed by atoms with Crippen LogP contribution >= 0.6 is 36.6 Å². The SMILES string of the molecule is CN(C)C1CCN(c2nn3ccccc3c2N)C1.CN(C)C1CCN(c2nn3ccccc3c2[N+](=O)[O-])C1.CS(=O)(=O)c1nn2ccccc2c1[N+](=O)[O-].CSc1nn2ccccc2c1[N+](=O)[O-].Cl.Cl.N[n+]1ccccc1.[I-]. The predicted molar refractivity (Wildman–Crippen MR) is 300 cm³/mol. The van der Waals surface area contributed by atoms with Gasteiger partial charge < -0.3 is 49.3 Å². The number of hydrogen-bond donors (Lipinski definition) is 2. The molecular weight excluding hydrogens is 1210 g/mol. The fraction of sp³-hybridized carbons (Fsp3) is 0.298. The summed E-state index contributed by atoms with van der Waals surface area (Å²) in [7, 11) is 4.61. The Morgan fingerprint density at radius 3 is 1.40 bits per heavy atom. The van der Waals surface area contributed by atoms with E-state index in [2.05, 4.69) is 49.2 Å². The molecule has 11 heterocycles. The van der Waals surface area contributed by atoms with E-state index in [-0.39, 0.29) is 70.6 Å². The van der Waals surface area contributed by atoms with Gasteiger partial charge in [0.25, 0.3) is 5.03 Å². The second kappa shape index (κ2) is 27.9. The van der Waals surface area contributed by atoms with Crippen LogP contribution in [0.2, 0.25) is 0 Å². The first-order valence-corrected chi connectivity index (χ1v) is 26.3. The summed E-state index contributed by atoms with van der Waals surface area (Å²) in [5.41, 5.74) is 8.91. The number of likely N-dealkylation sites (N-methyl/N-ethyl adjacent to an activating group) is 2. The highest BCUT2D eigenvalue weighted by molar-refractivity contribution is 7.98. The zero-order valence-electron chi connectivity index (χ0n) is 43.1. The summed E-state index contributed by atoms with van der Waals surface area (Å²) < 4.78 is 30.3. The van der Waals surface area contributed by atoms with Crippen molar-refractivity contribution in [3.63, 3.8) is 0 Å². The predicted octanol–water partition coefficient (Wildman–Crippen LogP) is 2.59. The highest BCUT2D eigenvalue weighted by atomic mass is 127. The third kappa shape index (κ3) is 14.7. The minimum atomic E-state index is -3.71. The number of rotatable bonds is 9. The van der Waals surface area contributed by atoms with E-state index < -0.39 is 30.4 Å². The van der Waals surface area contributed by atoms with Crippen molar-refractivity contribution in [2.75, 3.05) is 88.3 Å². The van der Waals surface area contributed by atoms with Gasteiger partial charge in [-0.05, 0) is 95.8 Å². The maximum Gasteiger partial charge on any atom is 0.338 e. The molecule has 9 aromatic rings. The molecule has 2 aliphatic heterocycles. The molecule has 78 heavy (non-hydrogen) atoms. The van der Waals surface area contributed by atoms with Crippen molar-refractivity contribution in [1.82, 2.24) is 48.3 Å². The molecule has 11 rings (SSSR count). The number of anilines is 3. The Labute approximate surface area is 481 Å². The summed E-state index contributed by atoms with van der Waals surface area (Å²) in [4.78, 5) is 40.3. The molecule has 0 amide bonds. The molecule has 2 fully saturated rings. The molecule has 418 valence electrons. The van der Waals surface area contributed by atoms with Crippen LogP contribution in [0.3, 0.4) is 0 Å². The van der Waals surface area contributed by atoms with E-state index in [4.69, 9.17) is 11.6 Å². The Hall–Kier alpha value is -7.16. The van der Waals surface area contributed by atoms with Gasteiger partial charge in [-0.25, -0.2) is 32.3 Å². The molecule has 0 bridgehead atoms. The van der Waals surface area contributed by atoms with Gasteiger partial charge >= 0.3 is 17.1 Å². The highest BCUT2D eigenvalue weighted by Crippen LogP contribution is 2.35. The maximum absolute atomic E-state index is 11.4. The average Bonchev–Trinajstić information content (AvgIpc) is 4.26. The summed E-state index contributed by atoms with van der Waals surface area (Å²) in [6.45, 7) is 3.60. The van der Waals surface area contributed by atoms with Crippen LogP contribution < -0.4 is 50.0 Å². The molecule has 2 unspecified atom stereocenters. The van der Waals surface area contributed by atoms with Gasteiger partial charge in [-0.3, -0.25) is 30.3 Å². The van der Waals surface area contributed by atoms with E-state index in [0.717, 1.165) is 55.9 Å². The normalized spacial score (nSPS) is 14.7. The first-order chi connectivity index (χ1) is 35.8. The fourth-order valence-corrected chi connectivity index (χ4v) is 9.69. The minimum Gasteiger partial charge on any atom is -1.00 e. The Bertz CT molecular complexity index is 3590. The Morgan fingerprint density at radius 2 is 1.00 bits per heavy atom. The van der Waals surface area contributed by atoms with E-state index in [9.17, 15) is 38.8 Å². The molecule has 2 aliphatic rings. The number of aromatic nitrogens is 9. The summed E-state index contributed by atoms with van der Waals surface area (Å²) in [5.74, 6) is 6.67. The summed E-state index contributed by atoms with van der Waals surface area (Å²) in [6, 6.07) is 27.8. The van der Waals surface area contributed by atoms with Crippen molar-refractivity contribution in [3.05, 3.63) is 159 Å². The second-order valence-corrected chi connectivity index (χ2v) is 20.3. The van der Waals surface area contributed by atoms with Gasteiger partial charge in [0.15, 0.2) is 23.2 Å². The van der Waals surface area contributed by atoms with E-state index in [0.29, 0.717) is 34.0 Å². The molecule has 2 saturated heterocycles. The molecule has 0 spiro atoms. The first-order valence-electron chi connectivity index (χ1n) is 23.1. The largest absolute Gasteiger partial charge is 1.00 e. The van der Waals surface area contributed by atoms with Gasteiger partial charge in [-0.15, -0.1) is 51.9 Å². The molecule has 31 heteroatoms. The molecule has 0 aromatic carbocycles. The molecule has 2 atom stereocenters. The summed E-state index contributed by atoms with van der Waals surface area (Å²) >= 11 is 1.28. The van der Waals surface area contributed by atoms with Gasteiger partial charge in [0.2, 0.25) is 15.7 Å². The fourth-order valence-electron chi connectivity index (χ4n) is 8.38. The first kappa shape index (κ1) is 63.4. The number of nitro groups is 3. The van der Waals surface area contributed by atoms with Crippen LogP contribution in [0.15, 0.2) is 138 Å². The number of pyridine rings is 5. The topological polar surface area (TPSA) is 302 Å². The van der Waals surface area contributed by atoms with Crippen LogP contribution in [0.25, 0.3) is 22.1 Å². The van der Waals surface area contributed by atoms with Gasteiger partial charge in [0, 0.05) is 81.4 Å². The number of nitrogens with zero attached hydrogens (tertiary/aromatic N) is 16. The number of fused-ring (bicyclic) bond motifs is 4. The molecule has 9 aromatic heterocycles. The van der Waals surface area contributed by atoms with E-state index in [1.54, 1.807) is 78.0 Å². The number of nitrogens with two attached hydrogens (primary N) is 2. The van der Waals surface area contributed by atoms with Gasteiger partial charge in [0.05, 0.1) is 20.3 Å². The van der Waals surface area contributed by atoms with Crippen LogP contribution in [-0.4, -0.2) is 150 Å². The smallest absolute Gasteiger partial charge is 0.338 e. The standard InChI is InChI=1S/C13H17N5O2.C13H19N5.C8H7N3O4S.C8H7N3O2S.C5H7N2.2ClH.HI/c1-15(2)10-6-8-16(9-10)13-12(18(19)20)11-5-3-4-7-17(11)14-13;1-16(2)10-6-8-17(9-10)13-12(14)11-5-3-4-7-18(11)15-13;1-16(14,15)8-7(11(12)13)6-4-2-3-5-10(6)9-8;1-14-8-7(11(12)13)6-4-2-3-5-10(6)9-8;6-7-4-2-1-3-5-7;;;/h3-5,7,10H,6,8-9H2,1-2H3;3-5,7,10H,6,8-9,14H2,1-2H3;2-5H,1H3;2-5H,1H3;1-5H,6H2;3*1H/q;;;;+1;;;/p-1. The molecule has 0 aliphatic carbocycles. The zero-order chi connectivity index (χ0) is 54.1. The Morgan fingerprint density at radius 1 is 0.603 bits per heavy atom. The van der Waals surface area contributed by atoms with Crippen molar-refractivity contribution < 1.29 is 51.8 Å². The number of nitrogen functional groups attached to an aromatic ring is 2. The van der Waals surface area contributed by atoms with Crippen molar-refractivity contribution in [2.24, 2.45) is 0 Å². The van der Waals surface area contributed by atoms with Gasteiger partial charge in [0.1, 0.15) is 22.2 Å². The quantitative estimate of drug-likeness (QED) is 0.0524. The van der Waals surface area contributed by atoms with Gasteiger partial charge in [-0.2, -0.15) is 5.10 Å². The van der Waals surface area contributed by atoms with Crippen LogP contribution in [-0.2, 0) is 9.84 Å². The Kier molecular flexibility index (Phi) is 22.7. The summed E-state index contributed by atoms with van der Waals surface area (Å²) in [5, 5.41) is 49.7. The number of thioether (sulfide) groups is 1. The number of sulfone groups is 1. The third-order valence-corrected chi connectivity index (χ3v) is 13.9. The number of halogens is 3. The van der Waals surface area contributed by atoms with E-state index in [1.807, 2.05) is 72.2 Å². The lowest BCUT2D eigenvalue weighted by atomic mass is 10.2. The van der Waals surface area contributed by atoms with Crippen LogP contribution in [0.5, 0.6) is 0 Å². The van der Waals surface area contributed by atoms with Crippen LogP contribution in [0.1, 0.15) is 12.8 Å². The Balaban J connectivity index is 0.000000214. The molecule has 26 nitrogen and oxygen atoms in total. The van der Waals surface area contributed by atoms with E-state index >= 15 is 0 Å². The maximum atomic E-state index is 11.4. The zero-order valence-corrected chi connectivity index (χ0v) is 48.5. The molecule has 0 radical (unpaired) electrons. The lowest BCUT2D eigenvalue weighted by molar-refractivity contribution is -0.638. The lowest BCUT2D eigenvalue weighted by Gasteiger charge is -2.20. The lowest BCUT2D eigenvalue weighted by Crippen LogP contribution is -3.00. The van der Waals surface area contributed by atoms with Gasteiger partial charge in [-0.1, -0.05) is 35.0 Å². The molecule has 0 saturated carbocycles. The highest BCUT2D eigenvalue weighted by Gasteiger charge is 2.34. The molecular formula is C47H59Cl2IN18O8S2. The molecule has 4 N–H and O–H groups in total.